The van der Waals surface area contributed by atoms with Crippen LogP contribution in [0.5, 0.6) is 0 Å². The molecular formula is C26H28FNO6. The Bertz CT molecular complexity index is 1030. The van der Waals surface area contributed by atoms with Crippen LogP contribution >= 0.6 is 0 Å². The van der Waals surface area contributed by atoms with Gasteiger partial charge in [-0.05, 0) is 67.9 Å². The van der Waals surface area contributed by atoms with Crippen molar-refractivity contribution < 1.29 is 33.4 Å². The average Bonchev–Trinajstić information content (AvgIpc) is 3.36. The number of amides is 1. The van der Waals surface area contributed by atoms with Crippen LogP contribution in [0, 0.1) is 11.7 Å². The largest absolute Gasteiger partial charge is 0.478 e. The van der Waals surface area contributed by atoms with Gasteiger partial charge in [-0.1, -0.05) is 24.3 Å². The van der Waals surface area contributed by atoms with Crippen LogP contribution < -0.4 is 0 Å². The lowest BCUT2D eigenvalue weighted by Crippen LogP contribution is -2.45. The van der Waals surface area contributed by atoms with E-state index in [1.54, 1.807) is 29.2 Å². The number of carboxylic acids is 1. The lowest BCUT2D eigenvalue weighted by molar-refractivity contribution is 0.0229. The van der Waals surface area contributed by atoms with E-state index in [-0.39, 0.29) is 47.6 Å². The number of likely N-dealkylation sites (tertiary alicyclic amines) is 1. The Kier molecular flexibility index (Phi) is 7.45. The molecule has 2 aromatic carbocycles. The van der Waals surface area contributed by atoms with Crippen LogP contribution in [0.3, 0.4) is 0 Å². The molecule has 2 aromatic rings. The van der Waals surface area contributed by atoms with Gasteiger partial charge >= 0.3 is 18.0 Å². The van der Waals surface area contributed by atoms with Gasteiger partial charge in [0.1, 0.15) is 11.9 Å². The number of carbonyl (C=O) groups excluding carboxylic acids is 2. The first-order valence-electron chi connectivity index (χ1n) is 11.6. The van der Waals surface area contributed by atoms with Crippen molar-refractivity contribution in [2.45, 2.75) is 44.1 Å². The fourth-order valence-corrected chi connectivity index (χ4v) is 4.85. The maximum atomic E-state index is 13.5. The Morgan fingerprint density at radius 3 is 2.32 bits per heavy atom. The molecule has 2 atom stereocenters. The van der Waals surface area contributed by atoms with E-state index < -0.39 is 11.9 Å². The second kappa shape index (κ2) is 10.7. The summed E-state index contributed by atoms with van der Waals surface area (Å²) in [5, 5.41) is 9.36. The topological polar surface area (TPSA) is 93.1 Å². The molecule has 2 fully saturated rings. The minimum atomic E-state index is -1.21. The highest BCUT2D eigenvalue weighted by Crippen LogP contribution is 2.34. The second-order valence-corrected chi connectivity index (χ2v) is 8.89. The molecule has 0 bridgehead atoms. The lowest BCUT2D eigenvalue weighted by Gasteiger charge is -2.38. The highest BCUT2D eigenvalue weighted by molar-refractivity contribution is 6.02. The van der Waals surface area contributed by atoms with Crippen molar-refractivity contribution in [2.24, 2.45) is 5.92 Å². The van der Waals surface area contributed by atoms with Crippen molar-refractivity contribution in [2.75, 3.05) is 19.7 Å². The van der Waals surface area contributed by atoms with E-state index in [2.05, 4.69) is 0 Å². The van der Waals surface area contributed by atoms with Crippen LogP contribution in [0.2, 0.25) is 0 Å². The van der Waals surface area contributed by atoms with Crippen LogP contribution in [0.1, 0.15) is 64.3 Å². The van der Waals surface area contributed by atoms with Gasteiger partial charge in [-0.2, -0.15) is 0 Å². The first-order valence-corrected chi connectivity index (χ1v) is 11.6. The van der Waals surface area contributed by atoms with Crippen molar-refractivity contribution in [3.63, 3.8) is 0 Å². The number of rotatable bonds is 6. The second-order valence-electron chi connectivity index (χ2n) is 8.89. The van der Waals surface area contributed by atoms with Crippen molar-refractivity contribution in [3.05, 3.63) is 71.0 Å². The Labute approximate surface area is 197 Å². The SMILES string of the molecule is O=C(O)c1ccccc1C(=O)OC[C@H]1CN(C(=O)OC2CCCC2)CC[C@@H]1c1ccc(F)cc1. The predicted octanol–water partition coefficient (Wildman–Crippen LogP) is 4.87. The average molecular weight is 470 g/mol. The summed E-state index contributed by atoms with van der Waals surface area (Å²) in [6, 6.07) is 12.1. The molecule has 0 spiro atoms. The molecule has 0 aromatic heterocycles. The fraction of sp³-hybridized carbons (Fsp3) is 0.423. The molecule has 2 aliphatic rings. The van der Waals surface area contributed by atoms with E-state index in [1.807, 2.05) is 0 Å². The molecule has 34 heavy (non-hydrogen) atoms. The van der Waals surface area contributed by atoms with Crippen molar-refractivity contribution in [1.82, 2.24) is 4.90 Å². The minimum Gasteiger partial charge on any atom is -0.478 e. The van der Waals surface area contributed by atoms with Gasteiger partial charge in [-0.25, -0.2) is 18.8 Å². The zero-order valence-electron chi connectivity index (χ0n) is 18.8. The molecule has 0 unspecified atom stereocenters. The van der Waals surface area contributed by atoms with Crippen LogP contribution in [0.25, 0.3) is 0 Å². The van der Waals surface area contributed by atoms with E-state index >= 15 is 0 Å². The maximum Gasteiger partial charge on any atom is 0.410 e. The number of carboxylic acid groups (broad SMARTS) is 1. The molecule has 1 heterocycles. The first-order chi connectivity index (χ1) is 16.4. The first kappa shape index (κ1) is 23.7. The van der Waals surface area contributed by atoms with Crippen LogP contribution in [0.4, 0.5) is 9.18 Å². The third-order valence-corrected chi connectivity index (χ3v) is 6.67. The maximum absolute atomic E-state index is 13.5. The van der Waals surface area contributed by atoms with Crippen LogP contribution in [-0.2, 0) is 9.47 Å². The Hall–Kier alpha value is -3.42. The number of ether oxygens (including phenoxy) is 2. The molecule has 1 aliphatic heterocycles. The zero-order valence-corrected chi connectivity index (χ0v) is 18.8. The van der Waals surface area contributed by atoms with Gasteiger partial charge in [0.15, 0.2) is 0 Å². The number of nitrogens with zero attached hydrogens (tertiary/aromatic N) is 1. The molecule has 1 aliphatic carbocycles. The molecule has 1 saturated carbocycles. The van der Waals surface area contributed by atoms with Crippen molar-refractivity contribution in [3.8, 4) is 0 Å². The summed E-state index contributed by atoms with van der Waals surface area (Å²) in [5.74, 6) is -2.60. The Morgan fingerprint density at radius 2 is 1.65 bits per heavy atom. The number of hydrogen-bond acceptors (Lipinski definition) is 5. The Balaban J connectivity index is 1.48. The minimum absolute atomic E-state index is 0.0119. The molecule has 4 rings (SSSR count). The monoisotopic (exact) mass is 469 g/mol. The summed E-state index contributed by atoms with van der Waals surface area (Å²) in [7, 11) is 0. The van der Waals surface area contributed by atoms with E-state index in [9.17, 15) is 23.9 Å². The summed E-state index contributed by atoms with van der Waals surface area (Å²) in [6.07, 6.45) is 4.06. The van der Waals surface area contributed by atoms with Gasteiger partial charge in [0.2, 0.25) is 0 Å². The van der Waals surface area contributed by atoms with E-state index in [1.165, 1.54) is 24.3 Å². The number of aromatic carboxylic acids is 1. The molecule has 1 amide bonds. The number of piperidine rings is 1. The highest BCUT2D eigenvalue weighted by Gasteiger charge is 2.35. The standard InChI is InChI=1S/C26H28FNO6/c27-19-11-9-17(10-12-19)21-13-14-28(26(32)34-20-5-1-2-6-20)15-18(21)16-33-25(31)23-8-4-3-7-22(23)24(29)30/h3-4,7-12,18,20-21H,1-2,5-6,13-16H2,(H,29,30)/t18-,21-/m1/s1. The molecule has 180 valence electrons. The smallest absolute Gasteiger partial charge is 0.410 e. The van der Waals surface area contributed by atoms with Gasteiger partial charge in [0.05, 0.1) is 17.7 Å². The third kappa shape index (κ3) is 5.55. The molecular weight excluding hydrogens is 441 g/mol. The van der Waals surface area contributed by atoms with Gasteiger partial charge in [-0.15, -0.1) is 0 Å². The van der Waals surface area contributed by atoms with Crippen LogP contribution in [0.15, 0.2) is 48.5 Å². The summed E-state index contributed by atoms with van der Waals surface area (Å²) in [6.45, 7) is 0.795. The van der Waals surface area contributed by atoms with Crippen molar-refractivity contribution in [1.29, 1.82) is 0 Å². The van der Waals surface area contributed by atoms with Crippen LogP contribution in [-0.4, -0.2) is 53.8 Å². The lowest BCUT2D eigenvalue weighted by atomic mass is 9.81. The van der Waals surface area contributed by atoms with Gasteiger partial charge < -0.3 is 19.5 Å². The van der Waals surface area contributed by atoms with Gasteiger partial charge in [0, 0.05) is 19.0 Å². The van der Waals surface area contributed by atoms with Gasteiger partial charge in [0.25, 0.3) is 0 Å². The molecule has 7 nitrogen and oxygen atoms in total. The number of esters is 1. The quantitative estimate of drug-likeness (QED) is 0.607. The molecule has 1 N–H and O–H groups in total. The summed E-state index contributed by atoms with van der Waals surface area (Å²) in [4.78, 5) is 38.6. The summed E-state index contributed by atoms with van der Waals surface area (Å²) < 4.78 is 24.7. The summed E-state index contributed by atoms with van der Waals surface area (Å²) >= 11 is 0. The normalized spacial score (nSPS) is 20.7. The number of carbonyl (C=O) groups is 3. The highest BCUT2D eigenvalue weighted by atomic mass is 19.1. The zero-order chi connectivity index (χ0) is 24.1. The van der Waals surface area contributed by atoms with E-state index in [4.69, 9.17) is 9.47 Å². The Morgan fingerprint density at radius 1 is 0.971 bits per heavy atom. The van der Waals surface area contributed by atoms with E-state index in [0.717, 1.165) is 31.2 Å². The fourth-order valence-electron chi connectivity index (χ4n) is 4.85. The van der Waals surface area contributed by atoms with Gasteiger partial charge in [-0.3, -0.25) is 0 Å². The number of halogens is 1. The summed E-state index contributed by atoms with van der Waals surface area (Å²) in [5.41, 5.74) is 0.742. The number of hydrogen-bond donors (Lipinski definition) is 1. The predicted molar refractivity (Wildman–Crippen MR) is 121 cm³/mol. The van der Waals surface area contributed by atoms with E-state index in [0.29, 0.717) is 19.5 Å². The molecule has 8 heteroatoms. The number of benzene rings is 2. The molecule has 0 radical (unpaired) electrons. The third-order valence-electron chi connectivity index (χ3n) is 6.67. The van der Waals surface area contributed by atoms with Crippen molar-refractivity contribution >= 4 is 18.0 Å². The molecule has 1 saturated heterocycles.